The highest BCUT2D eigenvalue weighted by atomic mass is 35.5. The first-order chi connectivity index (χ1) is 15.7. The Bertz CT molecular complexity index is 1140. The van der Waals surface area contributed by atoms with Crippen LogP contribution in [-0.2, 0) is 24.3 Å². The van der Waals surface area contributed by atoms with Gasteiger partial charge in [-0.25, -0.2) is 14.8 Å². The lowest BCUT2D eigenvalue weighted by Gasteiger charge is -2.30. The Labute approximate surface area is 203 Å². The molecule has 0 fully saturated rings. The number of nitrogens with zero attached hydrogens (tertiary/aromatic N) is 3. The summed E-state index contributed by atoms with van der Waals surface area (Å²) in [4.78, 5) is 23.3. The van der Waals surface area contributed by atoms with Crippen LogP contribution in [0.2, 0.25) is 10.0 Å². The SMILES string of the molecule is CC(C)(C)OC(=O)N1CCc2nc(-c3ccc(OCc4c(Cl)cccc4Cl)cc3)ncc2C1. The molecule has 1 aromatic heterocycles. The number of hydrogen-bond acceptors (Lipinski definition) is 5. The van der Waals surface area contributed by atoms with Gasteiger partial charge in [0.05, 0.1) is 12.2 Å². The molecule has 1 aliphatic rings. The Morgan fingerprint density at radius 2 is 1.79 bits per heavy atom. The van der Waals surface area contributed by atoms with Gasteiger partial charge in [0.1, 0.15) is 18.0 Å². The molecule has 33 heavy (non-hydrogen) atoms. The number of halogens is 2. The van der Waals surface area contributed by atoms with Crippen molar-refractivity contribution < 1.29 is 14.3 Å². The molecule has 0 N–H and O–H groups in total. The van der Waals surface area contributed by atoms with Crippen molar-refractivity contribution in [2.75, 3.05) is 6.54 Å². The number of fused-ring (bicyclic) bond motifs is 1. The van der Waals surface area contributed by atoms with Gasteiger partial charge >= 0.3 is 6.09 Å². The zero-order chi connectivity index (χ0) is 23.6. The zero-order valence-electron chi connectivity index (χ0n) is 18.8. The van der Waals surface area contributed by atoms with Crippen LogP contribution < -0.4 is 4.74 Å². The molecule has 172 valence electrons. The van der Waals surface area contributed by atoms with Gasteiger partial charge in [-0.05, 0) is 57.2 Å². The molecule has 6 nitrogen and oxygen atoms in total. The first-order valence-electron chi connectivity index (χ1n) is 10.7. The fraction of sp³-hybridized carbons (Fsp3) is 0.320. The molecule has 1 amide bonds. The second kappa shape index (κ2) is 9.57. The molecule has 0 atom stereocenters. The molecular weight excluding hydrogens is 461 g/mol. The maximum Gasteiger partial charge on any atom is 0.410 e. The van der Waals surface area contributed by atoms with E-state index in [1.165, 1.54) is 0 Å². The summed E-state index contributed by atoms with van der Waals surface area (Å²) < 4.78 is 11.3. The molecule has 3 aromatic rings. The molecule has 0 aliphatic carbocycles. The fourth-order valence-corrected chi connectivity index (χ4v) is 3.97. The molecule has 0 saturated heterocycles. The summed E-state index contributed by atoms with van der Waals surface area (Å²) in [6.07, 6.45) is 2.13. The van der Waals surface area contributed by atoms with Gasteiger partial charge in [-0.3, -0.25) is 0 Å². The van der Waals surface area contributed by atoms with Crippen LogP contribution in [0.25, 0.3) is 11.4 Å². The third-order valence-corrected chi connectivity index (χ3v) is 5.85. The van der Waals surface area contributed by atoms with Gasteiger partial charge in [0, 0.05) is 45.9 Å². The Balaban J connectivity index is 1.42. The summed E-state index contributed by atoms with van der Waals surface area (Å²) in [5.74, 6) is 1.33. The molecular formula is C25H25Cl2N3O3. The minimum absolute atomic E-state index is 0.279. The third-order valence-electron chi connectivity index (χ3n) is 5.14. The second-order valence-electron chi connectivity index (χ2n) is 8.83. The molecule has 0 spiro atoms. The van der Waals surface area contributed by atoms with Crippen LogP contribution in [0.15, 0.2) is 48.7 Å². The summed E-state index contributed by atoms with van der Waals surface area (Å²) in [7, 11) is 0. The lowest BCUT2D eigenvalue weighted by Crippen LogP contribution is -2.40. The van der Waals surface area contributed by atoms with Gasteiger partial charge in [0.25, 0.3) is 0 Å². The maximum atomic E-state index is 12.4. The van der Waals surface area contributed by atoms with Crippen molar-refractivity contribution in [2.24, 2.45) is 0 Å². The van der Waals surface area contributed by atoms with Crippen LogP contribution in [0.5, 0.6) is 5.75 Å². The molecule has 2 heterocycles. The molecule has 8 heteroatoms. The molecule has 1 aliphatic heterocycles. The first kappa shape index (κ1) is 23.3. The van der Waals surface area contributed by atoms with E-state index in [1.54, 1.807) is 29.3 Å². The molecule has 0 bridgehead atoms. The van der Waals surface area contributed by atoms with Crippen molar-refractivity contribution in [1.82, 2.24) is 14.9 Å². The number of benzene rings is 2. The predicted octanol–water partition coefficient (Wildman–Crippen LogP) is 6.32. The molecule has 0 unspecified atom stereocenters. The molecule has 4 rings (SSSR count). The summed E-state index contributed by atoms with van der Waals surface area (Å²) in [6.45, 7) is 6.88. The highest BCUT2D eigenvalue weighted by Crippen LogP contribution is 2.27. The van der Waals surface area contributed by atoms with E-state index in [9.17, 15) is 4.79 Å². The van der Waals surface area contributed by atoms with Crippen molar-refractivity contribution in [1.29, 1.82) is 0 Å². The lowest BCUT2D eigenvalue weighted by molar-refractivity contribution is 0.0222. The van der Waals surface area contributed by atoms with E-state index < -0.39 is 5.60 Å². The Hall–Kier alpha value is -2.83. The molecule has 2 aromatic carbocycles. The number of hydrogen-bond donors (Lipinski definition) is 0. The smallest absolute Gasteiger partial charge is 0.410 e. The highest BCUT2D eigenvalue weighted by Gasteiger charge is 2.26. The topological polar surface area (TPSA) is 64.5 Å². The number of rotatable bonds is 4. The van der Waals surface area contributed by atoms with Crippen LogP contribution in [0.4, 0.5) is 4.79 Å². The number of amides is 1. The van der Waals surface area contributed by atoms with E-state index in [0.717, 1.165) is 22.4 Å². The van der Waals surface area contributed by atoms with E-state index in [0.29, 0.717) is 41.1 Å². The summed E-state index contributed by atoms with van der Waals surface area (Å²) in [5.41, 5.74) is 3.01. The minimum Gasteiger partial charge on any atom is -0.489 e. The first-order valence-corrected chi connectivity index (χ1v) is 11.4. The quantitative estimate of drug-likeness (QED) is 0.432. The van der Waals surface area contributed by atoms with Gasteiger partial charge in [-0.15, -0.1) is 0 Å². The average molecular weight is 486 g/mol. The van der Waals surface area contributed by atoms with Crippen LogP contribution in [0.1, 0.15) is 37.6 Å². The van der Waals surface area contributed by atoms with Crippen LogP contribution in [0, 0.1) is 0 Å². The Kier molecular flexibility index (Phi) is 6.77. The van der Waals surface area contributed by atoms with E-state index >= 15 is 0 Å². The lowest BCUT2D eigenvalue weighted by atomic mass is 10.1. The number of aromatic nitrogens is 2. The highest BCUT2D eigenvalue weighted by molar-refractivity contribution is 6.35. The van der Waals surface area contributed by atoms with E-state index in [4.69, 9.17) is 37.7 Å². The van der Waals surface area contributed by atoms with Crippen molar-refractivity contribution in [3.8, 4) is 17.1 Å². The minimum atomic E-state index is -0.521. The largest absolute Gasteiger partial charge is 0.489 e. The average Bonchev–Trinajstić information content (AvgIpc) is 2.77. The van der Waals surface area contributed by atoms with Crippen LogP contribution in [0.3, 0.4) is 0 Å². The van der Waals surface area contributed by atoms with Gasteiger partial charge < -0.3 is 14.4 Å². The monoisotopic (exact) mass is 485 g/mol. The normalized spacial score (nSPS) is 13.4. The van der Waals surface area contributed by atoms with Gasteiger partial charge in [-0.2, -0.15) is 0 Å². The number of carbonyl (C=O) groups excluding carboxylic acids is 1. The summed E-state index contributed by atoms with van der Waals surface area (Å²) in [5, 5.41) is 1.15. The number of carbonyl (C=O) groups is 1. The second-order valence-corrected chi connectivity index (χ2v) is 9.65. The zero-order valence-corrected chi connectivity index (χ0v) is 20.3. The summed E-state index contributed by atoms with van der Waals surface area (Å²) in [6, 6.07) is 12.9. The van der Waals surface area contributed by atoms with E-state index in [-0.39, 0.29) is 12.7 Å². The van der Waals surface area contributed by atoms with Crippen LogP contribution >= 0.6 is 23.2 Å². The fourth-order valence-electron chi connectivity index (χ4n) is 3.46. The van der Waals surface area contributed by atoms with E-state index in [1.807, 2.05) is 45.0 Å². The standard InChI is InChI=1S/C25H25Cl2N3O3/c1-25(2,3)33-24(31)30-12-11-22-17(14-30)13-28-23(29-22)16-7-9-18(10-8-16)32-15-19-20(26)5-4-6-21(19)27/h4-10,13H,11-12,14-15H2,1-3H3. The van der Waals surface area contributed by atoms with E-state index in [2.05, 4.69) is 4.98 Å². The third kappa shape index (κ3) is 5.75. The predicted molar refractivity (Wildman–Crippen MR) is 129 cm³/mol. The summed E-state index contributed by atoms with van der Waals surface area (Å²) >= 11 is 12.4. The van der Waals surface area contributed by atoms with Crippen molar-refractivity contribution >= 4 is 29.3 Å². The van der Waals surface area contributed by atoms with Crippen molar-refractivity contribution in [3.63, 3.8) is 0 Å². The Morgan fingerprint density at radius 1 is 1.09 bits per heavy atom. The van der Waals surface area contributed by atoms with Gasteiger partial charge in [0.2, 0.25) is 0 Å². The van der Waals surface area contributed by atoms with Crippen LogP contribution in [-0.4, -0.2) is 33.1 Å². The van der Waals surface area contributed by atoms with Gasteiger partial charge in [-0.1, -0.05) is 29.3 Å². The molecule has 0 radical (unpaired) electrons. The molecule has 0 saturated carbocycles. The maximum absolute atomic E-state index is 12.4. The number of ether oxygens (including phenoxy) is 2. The van der Waals surface area contributed by atoms with Crippen molar-refractivity contribution in [3.05, 3.63) is 75.5 Å². The van der Waals surface area contributed by atoms with Crippen molar-refractivity contribution in [2.45, 2.75) is 45.9 Å². The Morgan fingerprint density at radius 3 is 2.45 bits per heavy atom. The van der Waals surface area contributed by atoms with Gasteiger partial charge in [0.15, 0.2) is 5.82 Å².